The number of nitrogens with zero attached hydrogens (tertiary/aromatic N) is 3. The molecule has 1 atom stereocenters. The van der Waals surface area contributed by atoms with E-state index in [1.807, 2.05) is 6.92 Å². The van der Waals surface area contributed by atoms with Gasteiger partial charge in [-0.05, 0) is 6.92 Å². The molecule has 0 saturated carbocycles. The fourth-order valence-electron chi connectivity index (χ4n) is 0.553. The number of hydrogen-bond acceptors (Lipinski definition) is 3. The van der Waals surface area contributed by atoms with Gasteiger partial charge in [-0.15, -0.1) is 0 Å². The average molecular weight is 126 g/mol. The van der Waals surface area contributed by atoms with Crippen molar-refractivity contribution in [2.45, 2.75) is 13.0 Å². The van der Waals surface area contributed by atoms with E-state index in [1.54, 1.807) is 11.0 Å². The van der Waals surface area contributed by atoms with E-state index in [4.69, 9.17) is 5.73 Å². The van der Waals surface area contributed by atoms with E-state index in [9.17, 15) is 0 Å². The summed E-state index contributed by atoms with van der Waals surface area (Å²) in [7, 11) is 0. The van der Waals surface area contributed by atoms with E-state index in [1.165, 1.54) is 6.33 Å². The predicted molar refractivity (Wildman–Crippen MR) is 33.8 cm³/mol. The molecule has 4 heteroatoms. The van der Waals surface area contributed by atoms with Gasteiger partial charge in [0.25, 0.3) is 0 Å². The minimum Gasteiger partial charge on any atom is -0.328 e. The second kappa shape index (κ2) is 2.59. The van der Waals surface area contributed by atoms with Gasteiger partial charge in [-0.2, -0.15) is 5.10 Å². The first-order valence-electron chi connectivity index (χ1n) is 2.88. The van der Waals surface area contributed by atoms with Crippen LogP contribution in [0.15, 0.2) is 12.7 Å². The zero-order valence-corrected chi connectivity index (χ0v) is 5.36. The van der Waals surface area contributed by atoms with Gasteiger partial charge in [-0.1, -0.05) is 0 Å². The summed E-state index contributed by atoms with van der Waals surface area (Å²) in [6.07, 6.45) is 3.17. The van der Waals surface area contributed by atoms with Crippen LogP contribution < -0.4 is 5.73 Å². The van der Waals surface area contributed by atoms with Crippen LogP contribution in [0, 0.1) is 0 Å². The van der Waals surface area contributed by atoms with Crippen molar-refractivity contribution in [3.63, 3.8) is 0 Å². The van der Waals surface area contributed by atoms with Crippen LogP contribution in [0.3, 0.4) is 0 Å². The van der Waals surface area contributed by atoms with E-state index < -0.39 is 0 Å². The first-order chi connectivity index (χ1) is 4.34. The quantitative estimate of drug-likeness (QED) is 0.597. The molecule has 50 valence electrons. The van der Waals surface area contributed by atoms with E-state index in [0.717, 1.165) is 0 Å². The van der Waals surface area contributed by atoms with E-state index in [2.05, 4.69) is 10.1 Å². The number of nitrogens with two attached hydrogens (primary N) is 1. The second-order valence-electron chi connectivity index (χ2n) is 1.96. The molecule has 2 N–H and O–H groups in total. The maximum atomic E-state index is 5.37. The van der Waals surface area contributed by atoms with Gasteiger partial charge in [0, 0.05) is 6.54 Å². The molecule has 0 aliphatic rings. The lowest BCUT2D eigenvalue weighted by Crippen LogP contribution is -2.16. The predicted octanol–water partition coefficient (Wildman–Crippen LogP) is -0.202. The molecule has 1 aromatic rings. The van der Waals surface area contributed by atoms with Crippen molar-refractivity contribution in [1.29, 1.82) is 0 Å². The minimum absolute atomic E-state index is 0.257. The summed E-state index contributed by atoms with van der Waals surface area (Å²) in [5.74, 6) is 0. The molecular formula is C5H10N4. The Morgan fingerprint density at radius 1 is 1.78 bits per heavy atom. The fraction of sp³-hybridized carbons (Fsp3) is 0.600. The number of hydrogen-bond donors (Lipinski definition) is 1. The topological polar surface area (TPSA) is 56.7 Å². The standard InChI is InChI=1S/C5H10N4/c1-5(2-6)9-4-7-3-8-9/h3-5H,2,6H2,1H3. The summed E-state index contributed by atoms with van der Waals surface area (Å²) in [6.45, 7) is 2.60. The van der Waals surface area contributed by atoms with E-state index >= 15 is 0 Å². The number of aromatic nitrogens is 3. The van der Waals surface area contributed by atoms with Crippen LogP contribution in [0.2, 0.25) is 0 Å². The van der Waals surface area contributed by atoms with Crippen molar-refractivity contribution >= 4 is 0 Å². The zero-order valence-electron chi connectivity index (χ0n) is 5.36. The highest BCUT2D eigenvalue weighted by Gasteiger charge is 1.98. The molecular weight excluding hydrogens is 116 g/mol. The summed E-state index contributed by atoms with van der Waals surface area (Å²) in [5, 5.41) is 3.91. The SMILES string of the molecule is CC(CN)n1cncn1. The third-order valence-electron chi connectivity index (χ3n) is 1.23. The molecule has 1 rings (SSSR count). The summed E-state index contributed by atoms with van der Waals surface area (Å²) in [4.78, 5) is 3.79. The van der Waals surface area contributed by atoms with Crippen LogP contribution in [0.5, 0.6) is 0 Å². The maximum Gasteiger partial charge on any atom is 0.137 e. The Bertz CT molecular complexity index is 157. The molecule has 0 fully saturated rings. The Morgan fingerprint density at radius 3 is 3.00 bits per heavy atom. The molecule has 1 aromatic heterocycles. The third kappa shape index (κ3) is 1.26. The lowest BCUT2D eigenvalue weighted by atomic mass is 10.4. The molecule has 1 heterocycles. The second-order valence-corrected chi connectivity index (χ2v) is 1.96. The summed E-state index contributed by atoms with van der Waals surface area (Å²) >= 11 is 0. The maximum absolute atomic E-state index is 5.37. The van der Waals surface area contributed by atoms with Crippen LogP contribution in [0.4, 0.5) is 0 Å². The lowest BCUT2D eigenvalue weighted by molar-refractivity contribution is 0.499. The van der Waals surface area contributed by atoms with Crippen LogP contribution in [0.25, 0.3) is 0 Å². The molecule has 0 aliphatic heterocycles. The van der Waals surface area contributed by atoms with Crippen molar-refractivity contribution < 1.29 is 0 Å². The summed E-state index contributed by atoms with van der Waals surface area (Å²) in [5.41, 5.74) is 5.37. The molecule has 0 bridgehead atoms. The highest BCUT2D eigenvalue weighted by Crippen LogP contribution is 1.96. The minimum atomic E-state index is 0.257. The van der Waals surface area contributed by atoms with Crippen molar-refractivity contribution in [1.82, 2.24) is 14.8 Å². The molecule has 0 radical (unpaired) electrons. The lowest BCUT2D eigenvalue weighted by Gasteiger charge is -2.05. The van der Waals surface area contributed by atoms with Gasteiger partial charge >= 0.3 is 0 Å². The van der Waals surface area contributed by atoms with Crippen LogP contribution in [0.1, 0.15) is 13.0 Å². The Balaban J connectivity index is 2.65. The van der Waals surface area contributed by atoms with Gasteiger partial charge in [0.2, 0.25) is 0 Å². The van der Waals surface area contributed by atoms with Gasteiger partial charge in [-0.25, -0.2) is 9.67 Å². The summed E-state index contributed by atoms with van der Waals surface area (Å²) in [6, 6.07) is 0.257. The Hall–Kier alpha value is -0.900. The van der Waals surface area contributed by atoms with Gasteiger partial charge < -0.3 is 5.73 Å². The van der Waals surface area contributed by atoms with Crippen molar-refractivity contribution in [2.75, 3.05) is 6.54 Å². The molecule has 1 unspecified atom stereocenters. The number of rotatable bonds is 2. The largest absolute Gasteiger partial charge is 0.328 e. The average Bonchev–Trinajstić information content (AvgIpc) is 2.37. The van der Waals surface area contributed by atoms with Gasteiger partial charge in [0.15, 0.2) is 0 Å². The molecule has 0 spiro atoms. The molecule has 9 heavy (non-hydrogen) atoms. The monoisotopic (exact) mass is 126 g/mol. The Labute approximate surface area is 53.7 Å². The molecule has 0 aromatic carbocycles. The Morgan fingerprint density at radius 2 is 2.56 bits per heavy atom. The molecule has 0 saturated heterocycles. The summed E-state index contributed by atoms with van der Waals surface area (Å²) < 4.78 is 1.74. The normalized spacial score (nSPS) is 13.6. The first kappa shape index (κ1) is 6.22. The Kier molecular flexibility index (Phi) is 1.79. The zero-order chi connectivity index (χ0) is 6.69. The van der Waals surface area contributed by atoms with Crippen LogP contribution in [-0.2, 0) is 0 Å². The van der Waals surface area contributed by atoms with Gasteiger partial charge in [-0.3, -0.25) is 0 Å². The molecule has 4 nitrogen and oxygen atoms in total. The smallest absolute Gasteiger partial charge is 0.137 e. The highest BCUT2D eigenvalue weighted by molar-refractivity contribution is 4.64. The third-order valence-corrected chi connectivity index (χ3v) is 1.23. The molecule has 0 aliphatic carbocycles. The van der Waals surface area contributed by atoms with Crippen molar-refractivity contribution in [3.8, 4) is 0 Å². The van der Waals surface area contributed by atoms with E-state index in [-0.39, 0.29) is 6.04 Å². The first-order valence-corrected chi connectivity index (χ1v) is 2.88. The fourth-order valence-corrected chi connectivity index (χ4v) is 0.553. The van der Waals surface area contributed by atoms with E-state index in [0.29, 0.717) is 6.54 Å². The van der Waals surface area contributed by atoms with Crippen molar-refractivity contribution in [2.24, 2.45) is 5.73 Å². The van der Waals surface area contributed by atoms with Gasteiger partial charge in [0.05, 0.1) is 6.04 Å². The van der Waals surface area contributed by atoms with Gasteiger partial charge in [0.1, 0.15) is 12.7 Å². The van der Waals surface area contributed by atoms with Crippen LogP contribution >= 0.6 is 0 Å². The van der Waals surface area contributed by atoms with Crippen molar-refractivity contribution in [3.05, 3.63) is 12.7 Å². The molecule has 0 amide bonds. The highest BCUT2D eigenvalue weighted by atomic mass is 15.3. The van der Waals surface area contributed by atoms with Crippen LogP contribution in [-0.4, -0.2) is 21.3 Å².